The Morgan fingerprint density at radius 1 is 1.22 bits per heavy atom. The molecule has 0 saturated heterocycles. The minimum atomic E-state index is -0.543. The van der Waals surface area contributed by atoms with E-state index in [1.54, 1.807) is 24.3 Å². The highest BCUT2D eigenvalue weighted by Gasteiger charge is 2.52. The van der Waals surface area contributed by atoms with E-state index in [4.69, 9.17) is 11.6 Å². The summed E-state index contributed by atoms with van der Waals surface area (Å²) in [5.41, 5.74) is 1.77. The molecule has 0 bridgehead atoms. The van der Waals surface area contributed by atoms with Crippen LogP contribution in [0.25, 0.3) is 10.9 Å². The van der Waals surface area contributed by atoms with Gasteiger partial charge in [0.05, 0.1) is 5.41 Å². The Balaban J connectivity index is 1.68. The van der Waals surface area contributed by atoms with Gasteiger partial charge in [-0.15, -0.1) is 0 Å². The summed E-state index contributed by atoms with van der Waals surface area (Å²) in [5, 5.41) is 4.41. The molecule has 1 aromatic heterocycles. The molecule has 0 radical (unpaired) electrons. The van der Waals surface area contributed by atoms with Gasteiger partial charge in [-0.05, 0) is 54.8 Å². The average molecular weight is 329 g/mol. The fraction of sp³-hybridized carbons (Fsp3) is 0.167. The third-order valence-electron chi connectivity index (χ3n) is 4.43. The van der Waals surface area contributed by atoms with Crippen LogP contribution in [0.2, 0.25) is 5.02 Å². The molecule has 0 atom stereocenters. The molecule has 0 spiro atoms. The van der Waals surface area contributed by atoms with Gasteiger partial charge in [-0.25, -0.2) is 4.39 Å². The molecule has 1 saturated carbocycles. The smallest absolute Gasteiger partial charge is 0.235 e. The molecule has 4 rings (SSSR count). The number of amides is 1. The van der Waals surface area contributed by atoms with Gasteiger partial charge in [-0.1, -0.05) is 17.7 Å². The van der Waals surface area contributed by atoms with Crippen molar-refractivity contribution in [2.24, 2.45) is 0 Å². The minimum absolute atomic E-state index is 0.0509. The first-order valence-corrected chi connectivity index (χ1v) is 7.80. The van der Waals surface area contributed by atoms with E-state index >= 15 is 0 Å². The summed E-state index contributed by atoms with van der Waals surface area (Å²) in [7, 11) is 0. The Hall–Kier alpha value is -2.33. The van der Waals surface area contributed by atoms with Crippen molar-refractivity contribution < 1.29 is 9.18 Å². The molecular formula is C18H14ClFN2O. The number of nitrogens with one attached hydrogen (secondary N) is 2. The van der Waals surface area contributed by atoms with Crippen LogP contribution in [0.15, 0.2) is 48.7 Å². The van der Waals surface area contributed by atoms with Crippen molar-refractivity contribution >= 4 is 34.1 Å². The summed E-state index contributed by atoms with van der Waals surface area (Å²) in [6.07, 6.45) is 3.38. The van der Waals surface area contributed by atoms with Crippen LogP contribution >= 0.6 is 11.6 Å². The van der Waals surface area contributed by atoms with Crippen LogP contribution in [0.5, 0.6) is 0 Å². The predicted molar refractivity (Wildman–Crippen MR) is 89.3 cm³/mol. The van der Waals surface area contributed by atoms with Crippen LogP contribution in [-0.2, 0) is 10.2 Å². The summed E-state index contributed by atoms with van der Waals surface area (Å²) < 4.78 is 13.3. The van der Waals surface area contributed by atoms with E-state index in [1.807, 2.05) is 12.3 Å². The Kier molecular flexibility index (Phi) is 3.16. The first-order chi connectivity index (χ1) is 11.1. The molecule has 1 aliphatic rings. The third kappa shape index (κ3) is 2.39. The molecule has 23 heavy (non-hydrogen) atoms. The van der Waals surface area contributed by atoms with Crippen molar-refractivity contribution in [3.63, 3.8) is 0 Å². The van der Waals surface area contributed by atoms with E-state index in [-0.39, 0.29) is 11.7 Å². The number of halogens is 2. The maximum absolute atomic E-state index is 13.3. The molecule has 116 valence electrons. The summed E-state index contributed by atoms with van der Waals surface area (Å²) in [5.74, 6) is -0.343. The zero-order valence-electron chi connectivity index (χ0n) is 12.2. The Morgan fingerprint density at radius 3 is 2.78 bits per heavy atom. The fourth-order valence-corrected chi connectivity index (χ4v) is 3.25. The van der Waals surface area contributed by atoms with Crippen LogP contribution in [0.4, 0.5) is 10.1 Å². The van der Waals surface area contributed by atoms with Crippen molar-refractivity contribution in [1.29, 1.82) is 0 Å². The first kappa shape index (κ1) is 14.3. The van der Waals surface area contributed by atoms with Crippen LogP contribution in [0.1, 0.15) is 18.4 Å². The first-order valence-electron chi connectivity index (χ1n) is 7.43. The van der Waals surface area contributed by atoms with E-state index in [2.05, 4.69) is 10.3 Å². The van der Waals surface area contributed by atoms with Crippen molar-refractivity contribution in [3.8, 4) is 0 Å². The number of benzene rings is 2. The van der Waals surface area contributed by atoms with Crippen molar-refractivity contribution in [3.05, 3.63) is 65.1 Å². The zero-order chi connectivity index (χ0) is 16.0. The van der Waals surface area contributed by atoms with E-state index < -0.39 is 5.41 Å². The van der Waals surface area contributed by atoms with Crippen molar-refractivity contribution in [2.45, 2.75) is 18.3 Å². The highest BCUT2D eigenvalue weighted by molar-refractivity contribution is 6.30. The number of hydrogen-bond acceptors (Lipinski definition) is 1. The largest absolute Gasteiger partial charge is 0.361 e. The molecule has 0 unspecified atom stereocenters. The van der Waals surface area contributed by atoms with Gasteiger partial charge in [-0.2, -0.15) is 0 Å². The molecule has 2 aromatic carbocycles. The van der Waals surface area contributed by atoms with Gasteiger partial charge in [0.1, 0.15) is 5.82 Å². The number of hydrogen-bond donors (Lipinski definition) is 2. The fourth-order valence-electron chi connectivity index (χ4n) is 3.06. The highest BCUT2D eigenvalue weighted by Crippen LogP contribution is 2.51. The van der Waals surface area contributed by atoms with E-state index in [0.717, 1.165) is 23.8 Å². The molecular weight excluding hydrogens is 315 g/mol. The molecule has 0 aliphatic heterocycles. The van der Waals surface area contributed by atoms with Crippen molar-refractivity contribution in [1.82, 2.24) is 4.98 Å². The predicted octanol–water partition coefficient (Wildman–Crippen LogP) is 4.63. The van der Waals surface area contributed by atoms with Gasteiger partial charge >= 0.3 is 0 Å². The summed E-state index contributed by atoms with van der Waals surface area (Å²) in [6, 6.07) is 11.7. The molecule has 1 aliphatic carbocycles. The van der Waals surface area contributed by atoms with E-state index in [9.17, 15) is 9.18 Å². The van der Waals surface area contributed by atoms with Gasteiger partial charge in [0, 0.05) is 27.8 Å². The average Bonchev–Trinajstić information content (AvgIpc) is 3.22. The molecule has 2 N–H and O–H groups in total. The minimum Gasteiger partial charge on any atom is -0.361 e. The molecule has 5 heteroatoms. The topological polar surface area (TPSA) is 44.9 Å². The second kappa shape index (κ2) is 5.10. The Labute approximate surface area is 137 Å². The Bertz CT molecular complexity index is 914. The number of aromatic amines is 1. The van der Waals surface area contributed by atoms with E-state index in [0.29, 0.717) is 16.2 Å². The monoisotopic (exact) mass is 328 g/mol. The second-order valence-electron chi connectivity index (χ2n) is 5.94. The third-order valence-corrected chi connectivity index (χ3v) is 4.66. The van der Waals surface area contributed by atoms with Crippen LogP contribution < -0.4 is 5.32 Å². The summed E-state index contributed by atoms with van der Waals surface area (Å²) in [6.45, 7) is 0. The van der Waals surface area contributed by atoms with Crippen LogP contribution in [-0.4, -0.2) is 10.9 Å². The molecule has 1 fully saturated rings. The molecule has 3 aromatic rings. The van der Waals surface area contributed by atoms with Gasteiger partial charge in [0.2, 0.25) is 5.91 Å². The lowest BCUT2D eigenvalue weighted by molar-refractivity contribution is -0.118. The Morgan fingerprint density at radius 2 is 2.04 bits per heavy atom. The number of aromatic nitrogens is 1. The lowest BCUT2D eigenvalue weighted by atomic mass is 9.94. The van der Waals surface area contributed by atoms with Gasteiger partial charge in [-0.3, -0.25) is 4.79 Å². The van der Waals surface area contributed by atoms with Gasteiger partial charge in [0.25, 0.3) is 0 Å². The van der Waals surface area contributed by atoms with Gasteiger partial charge < -0.3 is 10.3 Å². The summed E-state index contributed by atoms with van der Waals surface area (Å²) in [4.78, 5) is 15.8. The normalized spacial score (nSPS) is 15.6. The standard InChI is InChI=1S/C18H14ClFN2O/c19-11-2-1-3-13(8-11)22-17(23)18(6-7-18)15-10-21-16-9-12(20)4-5-14(15)16/h1-5,8-10,21H,6-7H2,(H,22,23). The van der Waals surface area contributed by atoms with Crippen molar-refractivity contribution in [2.75, 3.05) is 5.32 Å². The maximum atomic E-state index is 13.3. The van der Waals surface area contributed by atoms with E-state index in [1.165, 1.54) is 12.1 Å². The SMILES string of the molecule is O=C(Nc1cccc(Cl)c1)C1(c2c[nH]c3cc(F)ccc23)CC1. The lowest BCUT2D eigenvalue weighted by Gasteiger charge is -2.15. The second-order valence-corrected chi connectivity index (χ2v) is 6.38. The summed E-state index contributed by atoms with van der Waals surface area (Å²) >= 11 is 5.96. The molecule has 3 nitrogen and oxygen atoms in total. The van der Waals surface area contributed by atoms with Crippen LogP contribution in [0.3, 0.4) is 0 Å². The number of anilines is 1. The number of carbonyl (C=O) groups is 1. The van der Waals surface area contributed by atoms with Gasteiger partial charge in [0.15, 0.2) is 0 Å². The number of carbonyl (C=O) groups excluding carboxylic acids is 1. The van der Waals surface area contributed by atoms with Crippen LogP contribution in [0, 0.1) is 5.82 Å². The molecule has 1 amide bonds. The number of fused-ring (bicyclic) bond motifs is 1. The maximum Gasteiger partial charge on any atom is 0.235 e. The number of H-pyrrole nitrogens is 1. The highest BCUT2D eigenvalue weighted by atomic mass is 35.5. The quantitative estimate of drug-likeness (QED) is 0.723. The zero-order valence-corrected chi connectivity index (χ0v) is 13.0. The lowest BCUT2D eigenvalue weighted by Crippen LogP contribution is -2.27. The molecule has 1 heterocycles. The number of rotatable bonds is 3.